The molecule has 0 aliphatic carbocycles. The van der Waals surface area contributed by atoms with Crippen LogP contribution in [0.2, 0.25) is 0 Å². The number of carbonyl (C=O) groups is 3. The molecule has 0 spiro atoms. The molecule has 0 unspecified atom stereocenters. The van der Waals surface area contributed by atoms with Gasteiger partial charge in [0.1, 0.15) is 23.8 Å². The van der Waals surface area contributed by atoms with Crippen molar-refractivity contribution in [2.75, 3.05) is 25.9 Å². The van der Waals surface area contributed by atoms with Gasteiger partial charge in [0.15, 0.2) is 0 Å². The monoisotopic (exact) mass is 400 g/mol. The highest BCUT2D eigenvalue weighted by Crippen LogP contribution is 2.18. The molecule has 11 heteroatoms. The average Bonchev–Trinajstić information content (AvgIpc) is 2.69. The molecule has 2 amide bonds. The number of nitrogen functional groups attached to an aromatic ring is 1. The molecule has 0 radical (unpaired) electrons. The SMILES string of the molecule is CCOC(=O)c1cc(C(=N)NC(=O)c2cccnc2)c([NH2+]C(=O)CNC)nc1N. The molecule has 0 aliphatic heterocycles. The molecule has 0 aromatic carbocycles. The number of likely N-dealkylation sites (N-methyl/N-ethyl adjacent to an activating group) is 1. The molecule has 2 aromatic heterocycles. The molecule has 2 heterocycles. The van der Waals surface area contributed by atoms with Gasteiger partial charge in [-0.3, -0.25) is 15.2 Å². The summed E-state index contributed by atoms with van der Waals surface area (Å²) in [6, 6.07) is 4.38. The molecule has 0 saturated carbocycles. The fourth-order valence-corrected chi connectivity index (χ4v) is 2.35. The number of carbonyl (C=O) groups excluding carboxylic acids is 3. The summed E-state index contributed by atoms with van der Waals surface area (Å²) in [6.07, 6.45) is 2.86. The zero-order valence-corrected chi connectivity index (χ0v) is 16.0. The van der Waals surface area contributed by atoms with Crippen LogP contribution < -0.4 is 21.7 Å². The van der Waals surface area contributed by atoms with E-state index in [1.807, 2.05) is 0 Å². The number of aromatic nitrogens is 2. The Hall–Kier alpha value is -3.70. The molecule has 11 nitrogen and oxygen atoms in total. The van der Waals surface area contributed by atoms with E-state index in [9.17, 15) is 14.4 Å². The lowest BCUT2D eigenvalue weighted by molar-refractivity contribution is -0.486. The van der Waals surface area contributed by atoms with Gasteiger partial charge in [0.05, 0.1) is 17.7 Å². The predicted octanol–water partition coefficient (Wildman–Crippen LogP) is -1.07. The second kappa shape index (κ2) is 10.0. The van der Waals surface area contributed by atoms with Crippen LogP contribution in [0.15, 0.2) is 30.6 Å². The van der Waals surface area contributed by atoms with E-state index in [1.165, 1.54) is 29.8 Å². The van der Waals surface area contributed by atoms with Gasteiger partial charge in [-0.1, -0.05) is 0 Å². The van der Waals surface area contributed by atoms with E-state index < -0.39 is 11.9 Å². The van der Waals surface area contributed by atoms with Gasteiger partial charge in [-0.25, -0.2) is 14.9 Å². The molecule has 0 aliphatic rings. The molecular weight excluding hydrogens is 378 g/mol. The number of esters is 1. The molecule has 7 N–H and O–H groups in total. The number of rotatable bonds is 7. The highest BCUT2D eigenvalue weighted by molar-refractivity contribution is 6.13. The topological polar surface area (TPSA) is 177 Å². The van der Waals surface area contributed by atoms with Gasteiger partial charge in [0, 0.05) is 12.4 Å². The molecule has 29 heavy (non-hydrogen) atoms. The van der Waals surface area contributed by atoms with Crippen LogP contribution in [0.3, 0.4) is 0 Å². The van der Waals surface area contributed by atoms with Gasteiger partial charge >= 0.3 is 11.9 Å². The van der Waals surface area contributed by atoms with Gasteiger partial charge in [-0.2, -0.15) is 4.98 Å². The minimum atomic E-state index is -0.724. The minimum absolute atomic E-state index is 0.0377. The normalized spacial score (nSPS) is 10.3. The molecule has 2 rings (SSSR count). The van der Waals surface area contributed by atoms with E-state index in [-0.39, 0.29) is 53.2 Å². The van der Waals surface area contributed by atoms with E-state index in [1.54, 1.807) is 20.0 Å². The summed E-state index contributed by atoms with van der Waals surface area (Å²) in [4.78, 5) is 44.4. The quantitative estimate of drug-likeness (QED) is 0.222. The van der Waals surface area contributed by atoms with Crippen molar-refractivity contribution < 1.29 is 24.4 Å². The van der Waals surface area contributed by atoms with Crippen molar-refractivity contribution in [3.05, 3.63) is 47.3 Å². The first-order chi connectivity index (χ1) is 13.9. The fourth-order valence-electron chi connectivity index (χ4n) is 2.35. The summed E-state index contributed by atoms with van der Waals surface area (Å²) in [7, 11) is 1.61. The zero-order chi connectivity index (χ0) is 21.4. The van der Waals surface area contributed by atoms with Crippen LogP contribution in [-0.4, -0.2) is 53.8 Å². The van der Waals surface area contributed by atoms with Gasteiger partial charge in [-0.05, 0) is 32.2 Å². The number of hydrogen-bond donors (Lipinski definition) is 5. The van der Waals surface area contributed by atoms with E-state index in [0.717, 1.165) is 0 Å². The largest absolute Gasteiger partial charge is 0.462 e. The number of primary amides is 1. The first-order valence-electron chi connectivity index (χ1n) is 8.67. The van der Waals surface area contributed by atoms with Gasteiger partial charge in [-0.15, -0.1) is 0 Å². The fraction of sp³-hybridized carbons (Fsp3) is 0.222. The lowest BCUT2D eigenvalue weighted by Gasteiger charge is -2.12. The zero-order valence-electron chi connectivity index (χ0n) is 16.0. The van der Waals surface area contributed by atoms with E-state index in [2.05, 4.69) is 20.6 Å². The maximum absolute atomic E-state index is 12.3. The van der Waals surface area contributed by atoms with Crippen molar-refractivity contribution in [2.24, 2.45) is 0 Å². The van der Waals surface area contributed by atoms with Crippen LogP contribution in [0, 0.1) is 5.41 Å². The third-order valence-electron chi connectivity index (χ3n) is 3.66. The van der Waals surface area contributed by atoms with E-state index >= 15 is 0 Å². The van der Waals surface area contributed by atoms with E-state index in [0.29, 0.717) is 0 Å². The number of hydrogen-bond acceptors (Lipinski definition) is 9. The second-order valence-corrected chi connectivity index (χ2v) is 5.79. The van der Waals surface area contributed by atoms with Gasteiger partial charge < -0.3 is 21.1 Å². The summed E-state index contributed by atoms with van der Waals surface area (Å²) in [5, 5.41) is 14.6. The molecule has 2 aromatic rings. The van der Waals surface area contributed by atoms with Crippen LogP contribution in [-0.2, 0) is 9.53 Å². The Morgan fingerprint density at radius 1 is 1.31 bits per heavy atom. The summed E-state index contributed by atoms with van der Waals surface area (Å²) >= 11 is 0. The maximum Gasteiger partial charge on any atom is 0.341 e. The third-order valence-corrected chi connectivity index (χ3v) is 3.66. The van der Waals surface area contributed by atoms with Crippen LogP contribution in [0.4, 0.5) is 11.6 Å². The van der Waals surface area contributed by atoms with Crippen molar-refractivity contribution in [2.45, 2.75) is 6.92 Å². The van der Waals surface area contributed by atoms with Crippen LogP contribution in [0.5, 0.6) is 0 Å². The Bertz CT molecular complexity index is 931. The lowest BCUT2D eigenvalue weighted by Crippen LogP contribution is -2.85. The van der Waals surface area contributed by atoms with Crippen LogP contribution in [0.25, 0.3) is 0 Å². The Kier molecular flexibility index (Phi) is 7.46. The predicted molar refractivity (Wildman–Crippen MR) is 104 cm³/mol. The second-order valence-electron chi connectivity index (χ2n) is 5.79. The standard InChI is InChI=1S/C18H21N7O4/c1-3-29-18(28)12-7-11(16(24-15(12)20)23-13(26)9-21-2)14(19)25-17(27)10-5-4-6-22-8-10/h4-8,21H,3,9H2,1-2H3,(H2,19,25,27)(H3,20,23,24,26)/p+1. The number of ether oxygens (including phenoxy) is 1. The van der Waals surface area contributed by atoms with Crippen LogP contribution in [0.1, 0.15) is 33.2 Å². The smallest absolute Gasteiger partial charge is 0.341 e. The summed E-state index contributed by atoms with van der Waals surface area (Å²) < 4.78 is 4.94. The summed E-state index contributed by atoms with van der Waals surface area (Å²) in [5.41, 5.74) is 6.05. The average molecular weight is 400 g/mol. The highest BCUT2D eigenvalue weighted by Gasteiger charge is 2.24. The highest BCUT2D eigenvalue weighted by atomic mass is 16.5. The number of quaternary nitrogens is 1. The molecule has 0 saturated heterocycles. The van der Waals surface area contributed by atoms with E-state index in [4.69, 9.17) is 15.9 Å². The van der Waals surface area contributed by atoms with Crippen molar-refractivity contribution in [3.63, 3.8) is 0 Å². The van der Waals surface area contributed by atoms with Crippen molar-refractivity contribution in [1.82, 2.24) is 20.6 Å². The molecule has 0 atom stereocenters. The number of nitrogens with zero attached hydrogens (tertiary/aromatic N) is 2. The number of pyridine rings is 2. The number of nitrogens with two attached hydrogens (primary N) is 2. The van der Waals surface area contributed by atoms with Crippen molar-refractivity contribution in [1.29, 1.82) is 5.41 Å². The summed E-state index contributed by atoms with van der Waals surface area (Å²) in [5.74, 6) is -2.09. The molecule has 152 valence electrons. The molecular formula is C18H22N7O4+. The minimum Gasteiger partial charge on any atom is -0.462 e. The lowest BCUT2D eigenvalue weighted by atomic mass is 10.1. The maximum atomic E-state index is 12.3. The molecule has 0 fully saturated rings. The first kappa shape index (κ1) is 21.6. The first-order valence-corrected chi connectivity index (χ1v) is 8.67. The Balaban J connectivity index is 2.40. The summed E-state index contributed by atoms with van der Waals surface area (Å²) in [6.45, 7) is 1.80. The number of anilines is 1. The third kappa shape index (κ3) is 5.64. The number of amidine groups is 1. The van der Waals surface area contributed by atoms with Crippen molar-refractivity contribution >= 4 is 35.3 Å². The Morgan fingerprint density at radius 3 is 2.69 bits per heavy atom. The molecule has 0 bridgehead atoms. The van der Waals surface area contributed by atoms with Crippen molar-refractivity contribution in [3.8, 4) is 0 Å². The Labute approximate surface area is 166 Å². The Morgan fingerprint density at radius 2 is 2.07 bits per heavy atom. The number of nitrogens with one attached hydrogen (secondary N) is 3. The van der Waals surface area contributed by atoms with Gasteiger partial charge in [0.2, 0.25) is 5.82 Å². The van der Waals surface area contributed by atoms with Crippen LogP contribution >= 0.6 is 0 Å². The van der Waals surface area contributed by atoms with Gasteiger partial charge in [0.25, 0.3) is 5.91 Å². The number of amides is 2.